The van der Waals surface area contributed by atoms with Crippen LogP contribution in [0.25, 0.3) is 0 Å². The van der Waals surface area contributed by atoms with Gasteiger partial charge in [-0.05, 0) is 0 Å². The zero-order valence-corrected chi connectivity index (χ0v) is 2.69. The third-order valence-corrected chi connectivity index (χ3v) is 0.174. The Balaban J connectivity index is 2.83. The van der Waals surface area contributed by atoms with E-state index in [1.54, 1.807) is 0 Å². The highest BCUT2D eigenvalue weighted by molar-refractivity contribution is 6.58. The average Bonchev–Trinajstić information content (AvgIpc) is 1.35. The Hall–Kier alpha value is -0.305. The van der Waals surface area contributed by atoms with E-state index in [-0.39, 0.29) is 6.54 Å². The Labute approximate surface area is 33.2 Å². The summed E-state index contributed by atoms with van der Waals surface area (Å²) < 4.78 is 6.18. The van der Waals surface area contributed by atoms with Crippen LogP contribution in [0.3, 0.4) is 0 Å². The van der Waals surface area contributed by atoms with Gasteiger partial charge in [-0.1, -0.05) is 0 Å². The lowest BCUT2D eigenvalue weighted by molar-refractivity contribution is -0.110. The first kappa shape index (κ1) is 2.91. The molecule has 0 unspecified atom stereocenters. The molecule has 0 aliphatic carbocycles. The highest BCUT2D eigenvalue weighted by atomic mass is 16.1. The van der Waals surface area contributed by atoms with Crippen molar-refractivity contribution in [3.8, 4) is 0 Å². The van der Waals surface area contributed by atoms with Crippen LogP contribution in [0, 0.1) is 0 Å². The molecular weight excluding hydrogens is 64.8 g/mol. The lowest BCUT2D eigenvalue weighted by Gasteiger charge is -1.73. The number of hydrogen-bond acceptors (Lipinski definition) is 2. The number of carbonyl (C=O) groups is 1. The monoisotopic (exact) mass is 70.0 g/mol. The second-order valence-electron chi connectivity index (χ2n) is 0.643. The maximum atomic E-state index is 9.64. The molecule has 0 rings (SSSR count). The molecule has 0 amide bonds. The van der Waals surface area contributed by atoms with Crippen LogP contribution >= 0.6 is 0 Å². The Morgan fingerprint density at radius 1 is 2.40 bits per heavy atom. The topological polar surface area (TPSA) is 43.1 Å². The van der Waals surface area contributed by atoms with E-state index < -0.39 is 5.68 Å². The molecule has 0 spiro atoms. The summed E-state index contributed by atoms with van der Waals surface area (Å²) in [6, 6.07) is 0. The van der Waals surface area contributed by atoms with Crippen molar-refractivity contribution in [1.82, 2.24) is 0 Å². The molecule has 0 bridgehead atoms. The third kappa shape index (κ3) is 3.69. The van der Waals surface area contributed by atoms with Crippen molar-refractivity contribution in [2.75, 3.05) is 6.54 Å². The minimum atomic E-state index is -0.509. The molecule has 26 valence electrons. The van der Waals surface area contributed by atoms with Gasteiger partial charge in [0, 0.05) is 6.54 Å². The first-order valence-electron chi connectivity index (χ1n) is 1.70. The van der Waals surface area contributed by atoms with E-state index in [2.05, 4.69) is 7.85 Å². The summed E-state index contributed by atoms with van der Waals surface area (Å²) in [5.41, 5.74) is 1.33. The molecule has 0 aromatic rings. The third-order valence-electron chi connectivity index (χ3n) is 0.174. The zero-order chi connectivity index (χ0) is 4.99. The lowest BCUT2D eigenvalue weighted by Crippen LogP contribution is -2.11. The fourth-order valence-electron chi connectivity index (χ4n) is 0. The molecule has 0 aliphatic rings. The number of rotatable bonds is 2. The summed E-state index contributed by atoms with van der Waals surface area (Å²) >= 11 is 0. The standard InChI is InChI=1S/C2H4BNO/c3-2(5)1-4/h1,4H2/i/hD. The van der Waals surface area contributed by atoms with E-state index in [1.165, 1.54) is 0 Å². The van der Waals surface area contributed by atoms with Crippen LogP contribution in [0.4, 0.5) is 0 Å². The predicted octanol–water partition coefficient (Wildman–Crippen LogP) is -1.36. The van der Waals surface area contributed by atoms with Gasteiger partial charge in [-0.2, -0.15) is 0 Å². The molecule has 0 heterocycles. The van der Waals surface area contributed by atoms with Crippen molar-refractivity contribution in [2.24, 2.45) is 5.73 Å². The van der Waals surface area contributed by atoms with Gasteiger partial charge in [-0.15, -0.1) is 0 Å². The van der Waals surface area contributed by atoms with E-state index in [9.17, 15) is 4.79 Å². The first-order valence-corrected chi connectivity index (χ1v) is 1.20. The second kappa shape index (κ2) is 1.97. The van der Waals surface area contributed by atoms with E-state index in [0.29, 0.717) is 0 Å². The molecule has 3 heteroatoms. The van der Waals surface area contributed by atoms with Gasteiger partial charge in [-0.3, -0.25) is 0 Å². The van der Waals surface area contributed by atoms with Gasteiger partial charge >= 0.3 is 0 Å². The molecule has 0 aromatic carbocycles. The highest BCUT2D eigenvalue weighted by Crippen LogP contribution is 1.42. The first-order chi connectivity index (χ1) is 2.77. The Kier molecular flexibility index (Phi) is 1.14. The van der Waals surface area contributed by atoms with Crippen LogP contribution in [0.1, 0.15) is 0 Å². The quantitative estimate of drug-likeness (QED) is 0.407. The number of carbonyl (C=O) groups excluding carboxylic acids is 1. The summed E-state index contributed by atoms with van der Waals surface area (Å²) in [5.74, 6) is 0. The molecule has 0 atom stereocenters. The number of hydrogen-bond donors (Lipinski definition) is 1. The van der Waals surface area contributed by atoms with Crippen molar-refractivity contribution < 1.29 is 6.21 Å². The zero-order valence-electron chi connectivity index (χ0n) is 3.69. The molecule has 5 heavy (non-hydrogen) atoms. The van der Waals surface area contributed by atoms with Crippen molar-refractivity contribution in [3.05, 3.63) is 0 Å². The minimum absolute atomic E-state index is 0.0694. The van der Waals surface area contributed by atoms with Crippen LogP contribution in [-0.4, -0.2) is 20.1 Å². The van der Waals surface area contributed by atoms with Crippen LogP contribution in [0.5, 0.6) is 0 Å². The van der Waals surface area contributed by atoms with Crippen LogP contribution in [0.15, 0.2) is 0 Å². The van der Waals surface area contributed by atoms with E-state index >= 15 is 0 Å². The normalized spacial score (nSPS) is 10.0. The van der Waals surface area contributed by atoms with E-state index in [4.69, 9.17) is 1.41 Å². The van der Waals surface area contributed by atoms with Crippen molar-refractivity contribution >= 4 is 13.5 Å². The molecule has 2 nitrogen and oxygen atoms in total. The van der Waals surface area contributed by atoms with Crippen LogP contribution in [0.2, 0.25) is 1.41 Å². The lowest BCUT2D eigenvalue weighted by atomic mass is 10.0. The molecule has 0 saturated heterocycles. The van der Waals surface area contributed by atoms with Gasteiger partial charge in [0.1, 0.15) is 1.41 Å². The molecular formula is C2H4BNO. The summed E-state index contributed by atoms with van der Waals surface area (Å²) in [4.78, 5) is 9.64. The second-order valence-corrected chi connectivity index (χ2v) is 0.643. The molecule has 0 aromatic heterocycles. The van der Waals surface area contributed by atoms with Gasteiger partial charge in [0.25, 0.3) is 0 Å². The SMILES string of the molecule is [2H]NCC([B])=O. The van der Waals surface area contributed by atoms with Gasteiger partial charge in [0.05, 0.1) is 5.68 Å². The fraction of sp³-hybridized carbons (Fsp3) is 0.500. The van der Waals surface area contributed by atoms with Crippen molar-refractivity contribution in [2.45, 2.75) is 0 Å². The van der Waals surface area contributed by atoms with E-state index in [1.807, 2.05) is 5.73 Å². The van der Waals surface area contributed by atoms with Crippen LogP contribution < -0.4 is 5.73 Å². The molecule has 2 N–H and O–H groups in total. The minimum Gasteiger partial charge on any atom is -0.325 e. The Morgan fingerprint density at radius 2 is 3.00 bits per heavy atom. The Bertz CT molecular complexity index is 57.5. The summed E-state index contributed by atoms with van der Waals surface area (Å²) in [6.45, 7) is -0.0694. The summed E-state index contributed by atoms with van der Waals surface area (Å²) in [5, 5.41) is 0. The number of nitrogens with two attached hydrogens (primary N) is 1. The van der Waals surface area contributed by atoms with Crippen molar-refractivity contribution in [1.29, 1.82) is 0 Å². The Morgan fingerprint density at radius 3 is 3.00 bits per heavy atom. The maximum absolute atomic E-state index is 9.64. The van der Waals surface area contributed by atoms with Crippen molar-refractivity contribution in [3.63, 3.8) is 0 Å². The fourth-order valence-corrected chi connectivity index (χ4v) is 0. The summed E-state index contributed by atoms with van der Waals surface area (Å²) in [6.07, 6.45) is 0. The highest BCUT2D eigenvalue weighted by Gasteiger charge is 1.76. The van der Waals surface area contributed by atoms with Gasteiger partial charge in [0.15, 0.2) is 7.85 Å². The molecule has 0 fully saturated rings. The summed E-state index contributed by atoms with van der Waals surface area (Å²) in [7, 11) is 4.58. The average molecular weight is 69.9 g/mol. The maximum Gasteiger partial charge on any atom is 0.169 e. The van der Waals surface area contributed by atoms with Gasteiger partial charge in [-0.25, -0.2) is 0 Å². The largest absolute Gasteiger partial charge is 0.325 e. The predicted molar refractivity (Wildman–Crippen MR) is 19.8 cm³/mol. The smallest absolute Gasteiger partial charge is 0.169 e. The van der Waals surface area contributed by atoms with Gasteiger partial charge < -0.3 is 10.5 Å². The van der Waals surface area contributed by atoms with Crippen LogP contribution in [-0.2, 0) is 4.79 Å². The molecule has 0 saturated carbocycles. The molecule has 0 aliphatic heterocycles. The molecule has 2 radical (unpaired) electrons. The van der Waals surface area contributed by atoms with Gasteiger partial charge in [0.2, 0.25) is 0 Å². The van der Waals surface area contributed by atoms with E-state index in [0.717, 1.165) is 0 Å².